The first-order valence-electron chi connectivity index (χ1n) is 10.9. The first-order chi connectivity index (χ1) is 15.5. The van der Waals surface area contributed by atoms with Gasteiger partial charge in [-0.15, -0.1) is 6.58 Å². The van der Waals surface area contributed by atoms with Crippen LogP contribution in [-0.2, 0) is 23.1 Å². The van der Waals surface area contributed by atoms with Crippen molar-refractivity contribution in [2.24, 2.45) is 13.0 Å². The summed E-state index contributed by atoms with van der Waals surface area (Å²) < 4.78 is 12.2. The van der Waals surface area contributed by atoms with Crippen LogP contribution in [0.25, 0.3) is 0 Å². The fourth-order valence-corrected chi connectivity index (χ4v) is 4.22. The Morgan fingerprint density at radius 2 is 2.16 bits per heavy atom. The van der Waals surface area contributed by atoms with E-state index in [0.29, 0.717) is 36.2 Å². The SMILES string of the molecule is C=C[C@H](NC(=O)O[C@@H]1CCC(c2cc(NC(=O)c3cc(COC)nn3C)n[nH]2)C1)C1CC1. The summed E-state index contributed by atoms with van der Waals surface area (Å²) in [6.07, 6.45) is 5.88. The average molecular weight is 443 g/mol. The van der Waals surface area contributed by atoms with Gasteiger partial charge < -0.3 is 20.1 Å². The number of hydrogen-bond donors (Lipinski definition) is 3. The Balaban J connectivity index is 1.28. The molecule has 0 radical (unpaired) electrons. The van der Waals surface area contributed by atoms with E-state index in [1.807, 2.05) is 6.07 Å². The number of rotatable bonds is 9. The van der Waals surface area contributed by atoms with Gasteiger partial charge in [-0.05, 0) is 44.1 Å². The van der Waals surface area contributed by atoms with Crippen LogP contribution in [0.15, 0.2) is 24.8 Å². The minimum atomic E-state index is -0.381. The smallest absolute Gasteiger partial charge is 0.407 e. The number of methoxy groups -OCH3 is 1. The third-order valence-electron chi connectivity index (χ3n) is 6.06. The summed E-state index contributed by atoms with van der Waals surface area (Å²) in [7, 11) is 3.29. The molecule has 0 spiro atoms. The minimum absolute atomic E-state index is 0.0107. The van der Waals surface area contributed by atoms with Gasteiger partial charge in [0.15, 0.2) is 5.82 Å². The molecule has 32 heavy (non-hydrogen) atoms. The molecular weight excluding hydrogens is 412 g/mol. The Kier molecular flexibility index (Phi) is 6.59. The average Bonchev–Trinajstić information content (AvgIpc) is 3.14. The van der Waals surface area contributed by atoms with E-state index in [4.69, 9.17) is 9.47 Å². The van der Waals surface area contributed by atoms with E-state index < -0.39 is 0 Å². The summed E-state index contributed by atoms with van der Waals surface area (Å²) in [5.41, 5.74) is 2.02. The lowest BCUT2D eigenvalue weighted by Crippen LogP contribution is -2.36. The summed E-state index contributed by atoms with van der Waals surface area (Å²) in [5.74, 6) is 0.833. The van der Waals surface area contributed by atoms with Gasteiger partial charge in [0.25, 0.3) is 5.91 Å². The van der Waals surface area contributed by atoms with Gasteiger partial charge in [0, 0.05) is 31.8 Å². The van der Waals surface area contributed by atoms with Crippen molar-refractivity contribution in [1.82, 2.24) is 25.3 Å². The zero-order valence-corrected chi connectivity index (χ0v) is 18.5. The van der Waals surface area contributed by atoms with Crippen molar-refractivity contribution in [3.8, 4) is 0 Å². The topological polar surface area (TPSA) is 123 Å². The highest BCUT2D eigenvalue weighted by Gasteiger charge is 2.33. The summed E-state index contributed by atoms with van der Waals surface area (Å²) in [6, 6.07) is 3.51. The maximum Gasteiger partial charge on any atom is 0.407 e. The molecule has 0 saturated heterocycles. The molecular formula is C22H30N6O4. The lowest BCUT2D eigenvalue weighted by atomic mass is 10.0. The fraction of sp³-hybridized carbons (Fsp3) is 0.545. The van der Waals surface area contributed by atoms with Crippen LogP contribution in [0, 0.1) is 5.92 Å². The lowest BCUT2D eigenvalue weighted by Gasteiger charge is -2.17. The summed E-state index contributed by atoms with van der Waals surface area (Å²) in [6.45, 7) is 4.13. The molecule has 2 aromatic heterocycles. The number of aromatic nitrogens is 4. The zero-order valence-electron chi connectivity index (χ0n) is 18.5. The number of nitrogens with zero attached hydrogens (tertiary/aromatic N) is 3. The number of nitrogens with one attached hydrogen (secondary N) is 3. The number of hydrogen-bond acceptors (Lipinski definition) is 6. The van der Waals surface area contributed by atoms with Gasteiger partial charge >= 0.3 is 6.09 Å². The van der Waals surface area contributed by atoms with E-state index in [1.54, 1.807) is 26.3 Å². The molecule has 172 valence electrons. The molecule has 4 rings (SSSR count). The molecule has 2 amide bonds. The van der Waals surface area contributed by atoms with E-state index in [1.165, 1.54) is 4.68 Å². The van der Waals surface area contributed by atoms with Crippen LogP contribution >= 0.6 is 0 Å². The molecule has 0 aliphatic heterocycles. The van der Waals surface area contributed by atoms with Crippen LogP contribution in [0.2, 0.25) is 0 Å². The number of carbonyl (C=O) groups is 2. The van der Waals surface area contributed by atoms with Gasteiger partial charge in [-0.1, -0.05) is 6.08 Å². The number of aromatic amines is 1. The van der Waals surface area contributed by atoms with Gasteiger partial charge in [0.1, 0.15) is 11.8 Å². The lowest BCUT2D eigenvalue weighted by molar-refractivity contribution is 0.0975. The Labute approximate surface area is 186 Å². The standard InChI is InChI=1S/C22H30N6O4/c1-4-17(13-5-6-13)23-22(30)32-16-8-7-14(9-16)18-11-20(26-25-18)24-21(29)19-10-15(12-31-3)27-28(19)2/h4,10-11,13-14,16-17H,1,5-9,12H2,2-3H3,(H,23,30)(H2,24,25,26,29)/t14?,16-,17+/m1/s1. The fourth-order valence-electron chi connectivity index (χ4n) is 4.22. The molecule has 3 atom stereocenters. The Morgan fingerprint density at radius 3 is 2.88 bits per heavy atom. The predicted octanol–water partition coefficient (Wildman–Crippen LogP) is 2.87. The van der Waals surface area contributed by atoms with E-state index in [2.05, 4.69) is 32.5 Å². The second kappa shape index (κ2) is 9.56. The number of amides is 2. The van der Waals surface area contributed by atoms with Crippen molar-refractivity contribution in [2.45, 2.75) is 56.8 Å². The number of anilines is 1. The first kappa shape index (κ1) is 22.1. The molecule has 1 unspecified atom stereocenters. The van der Waals surface area contributed by atoms with Gasteiger partial charge in [-0.2, -0.15) is 10.2 Å². The maximum atomic E-state index is 12.6. The van der Waals surface area contributed by atoms with Crippen molar-refractivity contribution >= 4 is 17.8 Å². The predicted molar refractivity (Wildman–Crippen MR) is 117 cm³/mol. The first-order valence-corrected chi connectivity index (χ1v) is 10.9. The van der Waals surface area contributed by atoms with Crippen molar-refractivity contribution in [3.63, 3.8) is 0 Å². The molecule has 0 aromatic carbocycles. The molecule has 2 saturated carbocycles. The van der Waals surface area contributed by atoms with Crippen LogP contribution in [0.5, 0.6) is 0 Å². The zero-order chi connectivity index (χ0) is 22.7. The van der Waals surface area contributed by atoms with E-state index in [9.17, 15) is 9.59 Å². The second-order valence-corrected chi connectivity index (χ2v) is 8.52. The second-order valence-electron chi connectivity index (χ2n) is 8.52. The monoisotopic (exact) mass is 442 g/mol. The summed E-state index contributed by atoms with van der Waals surface area (Å²) in [5, 5.41) is 17.2. The van der Waals surface area contributed by atoms with Gasteiger partial charge in [-0.3, -0.25) is 14.6 Å². The number of ether oxygens (including phenoxy) is 2. The molecule has 2 aromatic rings. The normalized spacial score (nSPS) is 21.2. The molecule has 2 fully saturated rings. The molecule has 10 nitrogen and oxygen atoms in total. The van der Waals surface area contributed by atoms with Crippen molar-refractivity contribution in [1.29, 1.82) is 0 Å². The molecule has 2 aliphatic rings. The Morgan fingerprint density at radius 1 is 1.34 bits per heavy atom. The van der Waals surface area contributed by atoms with E-state index >= 15 is 0 Å². The number of H-pyrrole nitrogens is 1. The summed E-state index contributed by atoms with van der Waals surface area (Å²) in [4.78, 5) is 24.8. The molecule has 0 bridgehead atoms. The quantitative estimate of drug-likeness (QED) is 0.513. The van der Waals surface area contributed by atoms with Crippen LogP contribution in [0.4, 0.5) is 10.6 Å². The molecule has 2 heterocycles. The largest absolute Gasteiger partial charge is 0.446 e. The number of alkyl carbamates (subject to hydrolysis) is 1. The van der Waals surface area contributed by atoms with Crippen molar-refractivity contribution in [3.05, 3.63) is 41.9 Å². The number of aryl methyl sites for hydroxylation is 1. The molecule has 10 heteroatoms. The van der Waals surface area contributed by atoms with E-state index in [-0.39, 0.29) is 30.1 Å². The van der Waals surface area contributed by atoms with Crippen LogP contribution in [-0.4, -0.2) is 51.2 Å². The maximum absolute atomic E-state index is 12.6. The molecule has 3 N–H and O–H groups in total. The highest BCUT2D eigenvalue weighted by Crippen LogP contribution is 2.36. The third-order valence-corrected chi connectivity index (χ3v) is 6.06. The van der Waals surface area contributed by atoms with Crippen LogP contribution in [0.3, 0.4) is 0 Å². The van der Waals surface area contributed by atoms with Crippen LogP contribution in [0.1, 0.15) is 59.9 Å². The highest BCUT2D eigenvalue weighted by molar-refractivity contribution is 6.02. The third kappa shape index (κ3) is 5.18. The minimum Gasteiger partial charge on any atom is -0.446 e. The van der Waals surface area contributed by atoms with Gasteiger partial charge in [-0.25, -0.2) is 4.79 Å². The summed E-state index contributed by atoms with van der Waals surface area (Å²) >= 11 is 0. The van der Waals surface area contributed by atoms with Crippen LogP contribution < -0.4 is 10.6 Å². The van der Waals surface area contributed by atoms with E-state index in [0.717, 1.165) is 31.4 Å². The highest BCUT2D eigenvalue weighted by atomic mass is 16.6. The molecule has 2 aliphatic carbocycles. The number of carbonyl (C=O) groups excluding carboxylic acids is 2. The van der Waals surface area contributed by atoms with Crippen molar-refractivity contribution < 1.29 is 19.1 Å². The van der Waals surface area contributed by atoms with Crippen molar-refractivity contribution in [2.75, 3.05) is 12.4 Å². The van der Waals surface area contributed by atoms with Gasteiger partial charge in [0.2, 0.25) is 0 Å². The van der Waals surface area contributed by atoms with Gasteiger partial charge in [0.05, 0.1) is 18.3 Å². The Bertz CT molecular complexity index is 979. The Hall–Kier alpha value is -3.14.